The van der Waals surface area contributed by atoms with E-state index in [2.05, 4.69) is 4.98 Å². The number of aliphatic hydroxyl groups excluding tert-OH is 2. The summed E-state index contributed by atoms with van der Waals surface area (Å²) in [6.07, 6.45) is -3.04. The summed E-state index contributed by atoms with van der Waals surface area (Å²) in [5.74, 6) is -2.00. The normalized spacial score (nSPS) is 22.3. The first-order chi connectivity index (χ1) is 14.1. The van der Waals surface area contributed by atoms with E-state index >= 15 is 0 Å². The number of ether oxygens (including phenoxy) is 1. The summed E-state index contributed by atoms with van der Waals surface area (Å²) in [5, 5.41) is 38.8. The van der Waals surface area contributed by atoms with Gasteiger partial charge in [0.05, 0.1) is 6.10 Å². The molecule has 0 aliphatic carbocycles. The van der Waals surface area contributed by atoms with Crippen molar-refractivity contribution in [1.82, 2.24) is 14.5 Å². The molecule has 1 aliphatic rings. The van der Waals surface area contributed by atoms with Crippen LogP contribution in [0.15, 0.2) is 15.8 Å². The van der Waals surface area contributed by atoms with E-state index in [4.69, 9.17) is 14.9 Å². The number of carboxylic acid groups (broad SMARTS) is 2. The van der Waals surface area contributed by atoms with Crippen molar-refractivity contribution in [3.05, 3.63) is 32.6 Å². The van der Waals surface area contributed by atoms with Gasteiger partial charge in [0.1, 0.15) is 18.6 Å². The zero-order valence-electron chi connectivity index (χ0n) is 16.6. The summed E-state index contributed by atoms with van der Waals surface area (Å²) in [6, 6.07) is 0. The maximum absolute atomic E-state index is 12.1. The Labute approximate surface area is 171 Å². The van der Waals surface area contributed by atoms with Crippen LogP contribution < -0.4 is 11.2 Å². The van der Waals surface area contributed by atoms with E-state index in [9.17, 15) is 29.4 Å². The maximum Gasteiger partial charge on any atom is 0.330 e. The third-order valence-corrected chi connectivity index (χ3v) is 4.93. The van der Waals surface area contributed by atoms with Crippen molar-refractivity contribution in [1.29, 1.82) is 0 Å². The lowest BCUT2D eigenvalue weighted by molar-refractivity contribution is -0.144. The highest BCUT2D eigenvalue weighted by molar-refractivity contribution is 5.66. The van der Waals surface area contributed by atoms with Crippen molar-refractivity contribution in [2.45, 2.75) is 63.7 Å². The van der Waals surface area contributed by atoms with Crippen LogP contribution in [0.1, 0.15) is 43.9 Å². The zero-order valence-corrected chi connectivity index (χ0v) is 16.6. The van der Waals surface area contributed by atoms with Crippen molar-refractivity contribution in [3.63, 3.8) is 0 Å². The Kier molecular flexibility index (Phi) is 8.29. The molecular weight excluding hydrogens is 402 g/mol. The summed E-state index contributed by atoms with van der Waals surface area (Å²) in [5.41, 5.74) is -0.965. The molecule has 5 N–H and O–H groups in total. The molecule has 2 heterocycles. The van der Waals surface area contributed by atoms with Crippen LogP contribution in [-0.2, 0) is 14.3 Å². The second-order valence-corrected chi connectivity index (χ2v) is 7.28. The maximum atomic E-state index is 12.1. The number of rotatable bonds is 11. The van der Waals surface area contributed by atoms with E-state index in [0.717, 1.165) is 4.57 Å². The van der Waals surface area contributed by atoms with Crippen LogP contribution >= 0.6 is 0 Å². The molecule has 0 aromatic carbocycles. The van der Waals surface area contributed by atoms with Gasteiger partial charge in [-0.25, -0.2) is 4.79 Å². The van der Waals surface area contributed by atoms with E-state index < -0.39 is 47.9 Å². The number of aromatic amines is 1. The second kappa shape index (κ2) is 10.5. The molecule has 0 bridgehead atoms. The summed E-state index contributed by atoms with van der Waals surface area (Å²) in [4.78, 5) is 48.7. The summed E-state index contributed by atoms with van der Waals surface area (Å²) >= 11 is 0. The molecule has 0 spiro atoms. The van der Waals surface area contributed by atoms with Crippen molar-refractivity contribution in [2.75, 3.05) is 13.1 Å². The number of H-pyrrole nitrogens is 1. The summed E-state index contributed by atoms with van der Waals surface area (Å²) < 4.78 is 6.83. The quantitative estimate of drug-likeness (QED) is 0.269. The van der Waals surface area contributed by atoms with E-state index in [-0.39, 0.29) is 50.8 Å². The molecular formula is C18H27N3O9. The van der Waals surface area contributed by atoms with E-state index in [0.29, 0.717) is 0 Å². The molecule has 12 nitrogen and oxygen atoms in total. The molecule has 4 atom stereocenters. The molecule has 0 amide bonds. The molecule has 0 saturated carbocycles. The van der Waals surface area contributed by atoms with E-state index in [1.54, 1.807) is 0 Å². The number of hydrogen-bond donors (Lipinski definition) is 5. The van der Waals surface area contributed by atoms with Crippen molar-refractivity contribution in [2.24, 2.45) is 0 Å². The van der Waals surface area contributed by atoms with Gasteiger partial charge in [-0.05, 0) is 19.8 Å². The van der Waals surface area contributed by atoms with Gasteiger partial charge in [-0.1, -0.05) is 0 Å². The number of nitrogens with zero attached hydrogens (tertiary/aromatic N) is 2. The van der Waals surface area contributed by atoms with Gasteiger partial charge < -0.3 is 25.2 Å². The molecule has 1 unspecified atom stereocenters. The van der Waals surface area contributed by atoms with E-state index in [1.165, 1.54) is 18.0 Å². The minimum Gasteiger partial charge on any atom is -0.481 e. The highest BCUT2D eigenvalue weighted by Crippen LogP contribution is 2.30. The number of nitrogens with one attached hydrogen (secondary N) is 1. The molecule has 1 aromatic heterocycles. The minimum atomic E-state index is -1.34. The van der Waals surface area contributed by atoms with Crippen LogP contribution in [0.4, 0.5) is 0 Å². The summed E-state index contributed by atoms with van der Waals surface area (Å²) in [6.45, 7) is 1.82. The van der Waals surface area contributed by atoms with E-state index in [1.807, 2.05) is 0 Å². The lowest BCUT2D eigenvalue weighted by Gasteiger charge is -2.32. The monoisotopic (exact) mass is 429 g/mol. The third-order valence-electron chi connectivity index (χ3n) is 4.93. The molecule has 0 radical (unpaired) electrons. The van der Waals surface area contributed by atoms with Crippen molar-refractivity contribution >= 4 is 11.9 Å². The van der Waals surface area contributed by atoms with Crippen LogP contribution in [-0.4, -0.2) is 78.3 Å². The van der Waals surface area contributed by atoms with Gasteiger partial charge in [0.2, 0.25) is 0 Å². The van der Waals surface area contributed by atoms with Crippen LogP contribution in [0.5, 0.6) is 0 Å². The van der Waals surface area contributed by atoms with Gasteiger partial charge in [-0.2, -0.15) is 0 Å². The first-order valence-corrected chi connectivity index (χ1v) is 9.61. The third kappa shape index (κ3) is 6.23. The molecule has 12 heteroatoms. The Hall–Kier alpha value is -2.54. The van der Waals surface area contributed by atoms with Gasteiger partial charge >= 0.3 is 17.6 Å². The summed E-state index contributed by atoms with van der Waals surface area (Å²) in [7, 11) is 0. The van der Waals surface area contributed by atoms with Crippen molar-refractivity contribution in [3.8, 4) is 0 Å². The highest BCUT2D eigenvalue weighted by Gasteiger charge is 2.41. The standard InChI is InChI=1S/C18H27N3O9/c1-10-9-21(18(29)19-16(10)27)12-8-11(22)15(30-12)17(28)20(6-2-4-13(23)24)7-3-5-14(25)26/h9,11-12,15,17,22,28H,2-8H2,1H3,(H,23,24)(H,25,26)(H,19,27,29)/t11-,12+,15-,17?/m0/s1. The number of carbonyl (C=O) groups is 2. The number of aliphatic carboxylic acids is 2. The van der Waals surface area contributed by atoms with Gasteiger partial charge in [-0.3, -0.25) is 28.8 Å². The molecule has 168 valence electrons. The number of aromatic nitrogens is 2. The molecule has 1 aliphatic heterocycles. The molecule has 2 rings (SSSR count). The predicted molar refractivity (Wildman–Crippen MR) is 102 cm³/mol. The topological polar surface area (TPSA) is 182 Å². The Morgan fingerprint density at radius 2 is 1.80 bits per heavy atom. The van der Waals surface area contributed by atoms with Gasteiger partial charge in [0.15, 0.2) is 0 Å². The van der Waals surface area contributed by atoms with Gasteiger partial charge in [0.25, 0.3) is 5.56 Å². The Balaban J connectivity index is 2.11. The second-order valence-electron chi connectivity index (χ2n) is 7.28. The highest BCUT2D eigenvalue weighted by atomic mass is 16.5. The van der Waals surface area contributed by atoms with Crippen LogP contribution in [0.25, 0.3) is 0 Å². The number of carboxylic acids is 2. The Bertz CT molecular complexity index is 845. The number of hydrogen-bond acceptors (Lipinski definition) is 8. The lowest BCUT2D eigenvalue weighted by Crippen LogP contribution is -2.48. The first kappa shape index (κ1) is 23.7. The number of aliphatic hydroxyl groups is 2. The first-order valence-electron chi connectivity index (χ1n) is 9.61. The smallest absolute Gasteiger partial charge is 0.330 e. The minimum absolute atomic E-state index is 0.00872. The SMILES string of the molecule is Cc1cn([C@H]2C[C@H](O)[C@@H](C(O)N(CCCC(=O)O)CCCC(=O)O)O2)c(=O)[nH]c1=O. The van der Waals surface area contributed by atoms with Crippen molar-refractivity contribution < 1.29 is 34.8 Å². The fourth-order valence-electron chi connectivity index (χ4n) is 3.37. The average Bonchev–Trinajstić information content (AvgIpc) is 3.03. The molecule has 30 heavy (non-hydrogen) atoms. The predicted octanol–water partition coefficient (Wildman–Crippen LogP) is -1.16. The average molecular weight is 429 g/mol. The van der Waals surface area contributed by atoms with Crippen LogP contribution in [0.3, 0.4) is 0 Å². The fraction of sp³-hybridized carbons (Fsp3) is 0.667. The van der Waals surface area contributed by atoms with Gasteiger partial charge in [0, 0.05) is 44.1 Å². The Morgan fingerprint density at radius 1 is 1.23 bits per heavy atom. The van der Waals surface area contributed by atoms with Gasteiger partial charge in [-0.15, -0.1) is 0 Å². The Morgan fingerprint density at radius 3 is 2.33 bits per heavy atom. The zero-order chi connectivity index (χ0) is 22.4. The molecule has 1 fully saturated rings. The molecule has 1 aromatic rings. The molecule has 1 saturated heterocycles. The van der Waals surface area contributed by atoms with Crippen LogP contribution in [0.2, 0.25) is 0 Å². The largest absolute Gasteiger partial charge is 0.481 e. The lowest BCUT2D eigenvalue weighted by atomic mass is 10.1. The van der Waals surface area contributed by atoms with Crippen LogP contribution in [0, 0.1) is 6.92 Å². The fourth-order valence-corrected chi connectivity index (χ4v) is 3.37. The number of aryl methyl sites for hydroxylation is 1.